The number of Topliss-reactive ketones (excluding diaryl/α,β-unsaturated/α-hetero) is 1. The third-order valence-corrected chi connectivity index (χ3v) is 6.81. The fourth-order valence-electron chi connectivity index (χ4n) is 4.79. The van der Waals surface area contributed by atoms with Crippen molar-refractivity contribution in [2.75, 3.05) is 34.4 Å². The van der Waals surface area contributed by atoms with Crippen molar-refractivity contribution >= 4 is 28.3 Å². The average Bonchev–Trinajstić information content (AvgIpc) is 3.47. The maximum Gasteiger partial charge on any atom is 0.216 e. The molecule has 35 heavy (non-hydrogen) atoms. The standard InChI is InChI=1S/C27H29ClN4O3/c1-31(2)9-4-10-32-15-23(26(33)19-11-18-12-20(28)6-8-25(18)35-16-19)21-7-5-17(13-24(21)32)22-14-29-30-27(22)34-3/h5-8,12-15,19H,4,9-11,16H2,1-3H3,(H,29,30)/t19-/m0/s1. The number of carbonyl (C=O) groups excluding carboxylic acids is 1. The van der Waals surface area contributed by atoms with E-state index in [-0.39, 0.29) is 11.7 Å². The Morgan fingerprint density at radius 3 is 2.94 bits per heavy atom. The van der Waals surface area contributed by atoms with Crippen molar-refractivity contribution in [1.82, 2.24) is 19.7 Å². The fraction of sp³-hybridized carbons (Fsp3) is 0.333. The highest BCUT2D eigenvalue weighted by atomic mass is 35.5. The van der Waals surface area contributed by atoms with Gasteiger partial charge in [0.1, 0.15) is 5.75 Å². The Labute approximate surface area is 209 Å². The van der Waals surface area contributed by atoms with Gasteiger partial charge in [0.15, 0.2) is 5.78 Å². The number of ketones is 1. The molecule has 0 amide bonds. The van der Waals surface area contributed by atoms with Crippen LogP contribution in [0.3, 0.4) is 0 Å². The zero-order valence-electron chi connectivity index (χ0n) is 20.2. The van der Waals surface area contributed by atoms with Crippen molar-refractivity contribution in [3.05, 3.63) is 64.9 Å². The molecule has 3 heterocycles. The Balaban J connectivity index is 1.51. The van der Waals surface area contributed by atoms with E-state index in [1.807, 2.05) is 36.5 Å². The molecule has 0 aliphatic carbocycles. The highest BCUT2D eigenvalue weighted by Crippen LogP contribution is 2.35. The second kappa shape index (κ2) is 9.76. The molecule has 182 valence electrons. The summed E-state index contributed by atoms with van der Waals surface area (Å²) in [5.41, 5.74) is 4.60. The molecule has 0 saturated carbocycles. The lowest BCUT2D eigenvalue weighted by atomic mass is 9.89. The topological polar surface area (TPSA) is 72.4 Å². The number of carbonyl (C=O) groups is 1. The number of benzene rings is 2. The number of aryl methyl sites for hydroxylation is 1. The number of rotatable bonds is 8. The molecule has 0 radical (unpaired) electrons. The van der Waals surface area contributed by atoms with Crippen LogP contribution in [0.4, 0.5) is 0 Å². The minimum absolute atomic E-state index is 0.0978. The number of H-pyrrole nitrogens is 1. The zero-order valence-corrected chi connectivity index (χ0v) is 20.9. The van der Waals surface area contributed by atoms with Crippen LogP contribution in [0.15, 0.2) is 48.8 Å². The van der Waals surface area contributed by atoms with Gasteiger partial charge in [0.25, 0.3) is 0 Å². The first-order valence-corrected chi connectivity index (χ1v) is 12.1. The van der Waals surface area contributed by atoms with Crippen molar-refractivity contribution in [2.45, 2.75) is 19.4 Å². The van der Waals surface area contributed by atoms with Crippen LogP contribution >= 0.6 is 11.6 Å². The summed E-state index contributed by atoms with van der Waals surface area (Å²) in [6.07, 6.45) is 5.36. The predicted molar refractivity (Wildman–Crippen MR) is 138 cm³/mol. The predicted octanol–water partition coefficient (Wildman–Crippen LogP) is 5.08. The smallest absolute Gasteiger partial charge is 0.216 e. The van der Waals surface area contributed by atoms with Gasteiger partial charge < -0.3 is 18.9 Å². The van der Waals surface area contributed by atoms with Gasteiger partial charge in [0.2, 0.25) is 5.88 Å². The molecule has 1 N–H and O–H groups in total. The number of aromatic nitrogens is 3. The lowest BCUT2D eigenvalue weighted by Crippen LogP contribution is -2.28. The molecule has 8 heteroatoms. The molecule has 0 bridgehead atoms. The fourth-order valence-corrected chi connectivity index (χ4v) is 4.98. The Kier molecular flexibility index (Phi) is 6.54. The number of hydrogen-bond acceptors (Lipinski definition) is 5. The monoisotopic (exact) mass is 492 g/mol. The number of ether oxygens (including phenoxy) is 2. The highest BCUT2D eigenvalue weighted by molar-refractivity contribution is 6.30. The second-order valence-corrected chi connectivity index (χ2v) is 9.71. The van der Waals surface area contributed by atoms with Crippen LogP contribution in [0, 0.1) is 5.92 Å². The summed E-state index contributed by atoms with van der Waals surface area (Å²) in [7, 11) is 5.76. The quantitative estimate of drug-likeness (QED) is 0.347. The Morgan fingerprint density at radius 1 is 1.29 bits per heavy atom. The molecule has 0 unspecified atom stereocenters. The summed E-state index contributed by atoms with van der Waals surface area (Å²) in [4.78, 5) is 15.9. The van der Waals surface area contributed by atoms with Gasteiger partial charge in [0.05, 0.1) is 31.4 Å². The number of aromatic amines is 1. The van der Waals surface area contributed by atoms with Gasteiger partial charge in [-0.3, -0.25) is 4.79 Å². The summed E-state index contributed by atoms with van der Waals surface area (Å²) in [6.45, 7) is 2.14. The molecule has 1 atom stereocenters. The lowest BCUT2D eigenvalue weighted by Gasteiger charge is -2.24. The molecular weight excluding hydrogens is 464 g/mol. The first-order chi connectivity index (χ1) is 16.9. The molecule has 0 saturated heterocycles. The third kappa shape index (κ3) is 4.66. The van der Waals surface area contributed by atoms with E-state index in [0.29, 0.717) is 23.9 Å². The number of methoxy groups -OCH3 is 1. The molecule has 7 nitrogen and oxygen atoms in total. The van der Waals surface area contributed by atoms with Crippen LogP contribution in [-0.4, -0.2) is 59.8 Å². The molecule has 5 rings (SSSR count). The van der Waals surface area contributed by atoms with Gasteiger partial charge in [-0.15, -0.1) is 0 Å². The number of halogens is 1. The van der Waals surface area contributed by atoms with Crippen LogP contribution in [-0.2, 0) is 13.0 Å². The first-order valence-electron chi connectivity index (χ1n) is 11.8. The normalized spacial score (nSPS) is 15.3. The van der Waals surface area contributed by atoms with Crippen molar-refractivity contribution in [3.8, 4) is 22.8 Å². The first kappa shape index (κ1) is 23.5. The lowest BCUT2D eigenvalue weighted by molar-refractivity contribution is 0.0856. The molecule has 2 aromatic heterocycles. The maximum atomic E-state index is 13.7. The van der Waals surface area contributed by atoms with E-state index in [9.17, 15) is 4.79 Å². The molecule has 2 aromatic carbocycles. The number of nitrogens with one attached hydrogen (secondary N) is 1. The van der Waals surface area contributed by atoms with Crippen LogP contribution < -0.4 is 9.47 Å². The molecule has 1 aliphatic rings. The van der Waals surface area contributed by atoms with E-state index in [2.05, 4.69) is 39.8 Å². The van der Waals surface area contributed by atoms with E-state index < -0.39 is 0 Å². The summed E-state index contributed by atoms with van der Waals surface area (Å²) >= 11 is 6.19. The van der Waals surface area contributed by atoms with E-state index in [4.69, 9.17) is 21.1 Å². The summed E-state index contributed by atoms with van der Waals surface area (Å²) in [5, 5.41) is 8.60. The Morgan fingerprint density at radius 2 is 2.14 bits per heavy atom. The zero-order chi connectivity index (χ0) is 24.5. The molecular formula is C27H29ClN4O3. The van der Waals surface area contributed by atoms with Crippen molar-refractivity contribution in [1.29, 1.82) is 0 Å². The van der Waals surface area contributed by atoms with E-state index in [0.717, 1.165) is 58.4 Å². The van der Waals surface area contributed by atoms with Crippen molar-refractivity contribution in [3.63, 3.8) is 0 Å². The minimum atomic E-state index is -0.254. The third-order valence-electron chi connectivity index (χ3n) is 6.57. The second-order valence-electron chi connectivity index (χ2n) is 9.27. The van der Waals surface area contributed by atoms with Gasteiger partial charge in [0, 0.05) is 34.2 Å². The summed E-state index contributed by atoms with van der Waals surface area (Å²) in [5.74, 6) is 1.27. The average molecular weight is 493 g/mol. The van der Waals surface area contributed by atoms with E-state index >= 15 is 0 Å². The van der Waals surface area contributed by atoms with Crippen LogP contribution in [0.25, 0.3) is 22.0 Å². The molecule has 4 aromatic rings. The van der Waals surface area contributed by atoms with Gasteiger partial charge in [-0.25, -0.2) is 5.10 Å². The molecule has 0 spiro atoms. The van der Waals surface area contributed by atoms with Gasteiger partial charge >= 0.3 is 0 Å². The highest BCUT2D eigenvalue weighted by Gasteiger charge is 2.29. The SMILES string of the molecule is COc1[nH]ncc1-c1ccc2c(C(=O)[C@@H]3COc4ccc(Cl)cc4C3)cn(CCCN(C)C)c2c1. The largest absolute Gasteiger partial charge is 0.493 e. The van der Waals surface area contributed by atoms with Crippen LogP contribution in [0.2, 0.25) is 5.02 Å². The molecule has 1 aliphatic heterocycles. The number of fused-ring (bicyclic) bond motifs is 2. The van der Waals surface area contributed by atoms with Gasteiger partial charge in [-0.05, 0) is 68.9 Å². The van der Waals surface area contributed by atoms with Crippen molar-refractivity contribution in [2.24, 2.45) is 5.92 Å². The van der Waals surface area contributed by atoms with E-state index in [1.165, 1.54) is 0 Å². The summed E-state index contributed by atoms with van der Waals surface area (Å²) in [6, 6.07) is 11.7. The molecule has 0 fully saturated rings. The van der Waals surface area contributed by atoms with E-state index in [1.54, 1.807) is 13.3 Å². The van der Waals surface area contributed by atoms with Crippen molar-refractivity contribution < 1.29 is 14.3 Å². The maximum absolute atomic E-state index is 13.7. The van der Waals surface area contributed by atoms with Gasteiger partial charge in [-0.2, -0.15) is 5.10 Å². The Hall–Kier alpha value is -3.29. The number of nitrogens with zero attached hydrogens (tertiary/aromatic N) is 3. The van der Waals surface area contributed by atoms with Crippen LogP contribution in [0.5, 0.6) is 11.6 Å². The number of hydrogen-bond donors (Lipinski definition) is 1. The Bertz CT molecular complexity index is 1370. The minimum Gasteiger partial charge on any atom is -0.493 e. The van der Waals surface area contributed by atoms with Gasteiger partial charge in [-0.1, -0.05) is 23.7 Å². The van der Waals surface area contributed by atoms with Crippen LogP contribution in [0.1, 0.15) is 22.3 Å². The summed E-state index contributed by atoms with van der Waals surface area (Å²) < 4.78 is 13.5.